The molecule has 52 heavy (non-hydrogen) atoms. The van der Waals surface area contributed by atoms with Gasteiger partial charge in [0.15, 0.2) is 0 Å². The number of benzene rings is 9. The molecule has 1 aliphatic carbocycles. The van der Waals surface area contributed by atoms with Gasteiger partial charge in [0.2, 0.25) is 0 Å². The summed E-state index contributed by atoms with van der Waals surface area (Å²) in [5.41, 5.74) is 13.6. The minimum absolute atomic E-state index is 0.0874. The van der Waals surface area contributed by atoms with Gasteiger partial charge in [-0.15, -0.1) is 0 Å². The smallest absolute Gasteiger partial charge is 0.0465 e. The van der Waals surface area contributed by atoms with Gasteiger partial charge in [-0.2, -0.15) is 0 Å². The Labute approximate surface area is 305 Å². The van der Waals surface area contributed by atoms with E-state index in [2.05, 4.69) is 207 Å². The fraction of sp³-hybridized carbons (Fsp3) is 0.0588. The zero-order valence-corrected chi connectivity index (χ0v) is 29.3. The van der Waals surface area contributed by atoms with E-state index < -0.39 is 0 Å². The minimum Gasteiger partial charge on any atom is -0.310 e. The summed E-state index contributed by atoms with van der Waals surface area (Å²) in [6, 6.07) is 69.1. The number of hydrogen-bond acceptors (Lipinski definition) is 1. The normalized spacial score (nSPS) is 13.0. The quantitative estimate of drug-likeness (QED) is 0.166. The Balaban J connectivity index is 1.12. The molecule has 0 saturated carbocycles. The topological polar surface area (TPSA) is 3.24 Å². The van der Waals surface area contributed by atoms with E-state index in [1.165, 1.54) is 76.8 Å². The average molecular weight is 664 g/mol. The summed E-state index contributed by atoms with van der Waals surface area (Å²) < 4.78 is 0. The lowest BCUT2D eigenvalue weighted by Crippen LogP contribution is -2.16. The molecule has 246 valence electrons. The van der Waals surface area contributed by atoms with E-state index >= 15 is 0 Å². The van der Waals surface area contributed by atoms with E-state index in [0.717, 1.165) is 17.1 Å². The Hall–Kier alpha value is -6.44. The molecule has 9 aromatic carbocycles. The monoisotopic (exact) mass is 663 g/mol. The first-order valence-electron chi connectivity index (χ1n) is 18.2. The standard InChI is InChI=1S/C51H37N/c1-51(2)49-19-11-10-18-45(49)46-31-29-40(32-50(46)51)52(38-25-20-35(21-26-38)34-12-4-3-5-13-34)39-27-22-37(23-28-39)47-33-48-41-15-7-6-14-36(41)24-30-44(48)42-16-8-9-17-43(42)47/h3-33H,1-2H3. The van der Waals surface area contributed by atoms with Gasteiger partial charge < -0.3 is 4.90 Å². The summed E-state index contributed by atoms with van der Waals surface area (Å²) in [6.07, 6.45) is 0. The highest BCUT2D eigenvalue weighted by Gasteiger charge is 2.35. The third-order valence-electron chi connectivity index (χ3n) is 11.3. The van der Waals surface area contributed by atoms with Crippen LogP contribution in [0.2, 0.25) is 0 Å². The highest BCUT2D eigenvalue weighted by atomic mass is 15.1. The van der Waals surface area contributed by atoms with Gasteiger partial charge >= 0.3 is 0 Å². The van der Waals surface area contributed by atoms with Crippen molar-refractivity contribution < 1.29 is 0 Å². The van der Waals surface area contributed by atoms with Crippen LogP contribution in [0.1, 0.15) is 25.0 Å². The van der Waals surface area contributed by atoms with Crippen LogP contribution in [-0.4, -0.2) is 0 Å². The van der Waals surface area contributed by atoms with Crippen molar-refractivity contribution in [2.24, 2.45) is 0 Å². The van der Waals surface area contributed by atoms with Crippen molar-refractivity contribution >= 4 is 49.4 Å². The molecule has 0 aromatic heterocycles. The molecule has 10 rings (SSSR count). The number of fused-ring (bicyclic) bond motifs is 8. The van der Waals surface area contributed by atoms with Crippen molar-refractivity contribution in [3.05, 3.63) is 199 Å². The van der Waals surface area contributed by atoms with Crippen LogP contribution in [0, 0.1) is 0 Å². The lowest BCUT2D eigenvalue weighted by atomic mass is 9.82. The Bertz CT molecular complexity index is 2790. The lowest BCUT2D eigenvalue weighted by Gasteiger charge is -2.28. The number of nitrogens with zero attached hydrogens (tertiary/aromatic N) is 1. The highest BCUT2D eigenvalue weighted by Crippen LogP contribution is 2.51. The first-order chi connectivity index (χ1) is 25.5. The second-order valence-electron chi connectivity index (χ2n) is 14.5. The fourth-order valence-corrected chi connectivity index (χ4v) is 8.60. The molecule has 0 fully saturated rings. The van der Waals surface area contributed by atoms with Gasteiger partial charge in [-0.3, -0.25) is 0 Å². The summed E-state index contributed by atoms with van der Waals surface area (Å²) in [6.45, 7) is 4.71. The maximum absolute atomic E-state index is 2.41. The van der Waals surface area contributed by atoms with Crippen molar-refractivity contribution in [1.29, 1.82) is 0 Å². The number of rotatable bonds is 5. The van der Waals surface area contributed by atoms with Crippen LogP contribution in [0.3, 0.4) is 0 Å². The van der Waals surface area contributed by atoms with Gasteiger partial charge in [-0.25, -0.2) is 0 Å². The first kappa shape index (κ1) is 30.4. The second-order valence-corrected chi connectivity index (χ2v) is 14.5. The molecule has 0 heterocycles. The van der Waals surface area contributed by atoms with Gasteiger partial charge in [-0.05, 0) is 119 Å². The van der Waals surface area contributed by atoms with Crippen molar-refractivity contribution in [2.45, 2.75) is 19.3 Å². The van der Waals surface area contributed by atoms with E-state index in [1.54, 1.807) is 0 Å². The Morgan fingerprint density at radius 3 is 1.65 bits per heavy atom. The molecule has 0 bridgehead atoms. The van der Waals surface area contributed by atoms with Gasteiger partial charge in [-0.1, -0.05) is 159 Å². The molecule has 0 radical (unpaired) electrons. The SMILES string of the molecule is CC1(C)c2ccccc2-c2ccc(N(c3ccc(-c4ccccc4)cc3)c3ccc(-c4cc5c6ccccc6ccc5c5ccccc45)cc3)cc21. The van der Waals surface area contributed by atoms with Crippen LogP contribution in [0.5, 0.6) is 0 Å². The van der Waals surface area contributed by atoms with E-state index in [0.29, 0.717) is 0 Å². The number of hydrogen-bond donors (Lipinski definition) is 0. The summed E-state index contributed by atoms with van der Waals surface area (Å²) in [5.74, 6) is 0. The summed E-state index contributed by atoms with van der Waals surface area (Å²) in [4.78, 5) is 2.41. The zero-order chi connectivity index (χ0) is 34.8. The van der Waals surface area contributed by atoms with Gasteiger partial charge in [0, 0.05) is 22.5 Å². The van der Waals surface area contributed by atoms with Crippen molar-refractivity contribution in [1.82, 2.24) is 0 Å². The second kappa shape index (κ2) is 11.8. The molecule has 1 nitrogen and oxygen atoms in total. The summed E-state index contributed by atoms with van der Waals surface area (Å²) in [7, 11) is 0. The van der Waals surface area contributed by atoms with E-state index in [-0.39, 0.29) is 5.41 Å². The third-order valence-corrected chi connectivity index (χ3v) is 11.3. The predicted octanol–water partition coefficient (Wildman–Crippen LogP) is 14.3. The van der Waals surface area contributed by atoms with Crippen molar-refractivity contribution in [3.8, 4) is 33.4 Å². The van der Waals surface area contributed by atoms with Crippen LogP contribution in [0.25, 0.3) is 65.7 Å². The molecule has 1 heteroatoms. The Kier molecular flexibility index (Phi) is 6.91. The molecule has 0 unspecified atom stereocenters. The van der Waals surface area contributed by atoms with Crippen LogP contribution in [0.4, 0.5) is 17.1 Å². The number of anilines is 3. The van der Waals surface area contributed by atoms with Crippen LogP contribution >= 0.6 is 0 Å². The van der Waals surface area contributed by atoms with Crippen LogP contribution < -0.4 is 4.90 Å². The lowest BCUT2D eigenvalue weighted by molar-refractivity contribution is 0.660. The summed E-state index contributed by atoms with van der Waals surface area (Å²) in [5, 5.41) is 7.69. The molecule has 0 aliphatic heterocycles. The van der Waals surface area contributed by atoms with Crippen LogP contribution in [0.15, 0.2) is 188 Å². The van der Waals surface area contributed by atoms with Gasteiger partial charge in [0.25, 0.3) is 0 Å². The molecule has 9 aromatic rings. The molecule has 0 amide bonds. The molecule has 1 aliphatic rings. The molecular formula is C51H37N. The maximum atomic E-state index is 2.41. The first-order valence-corrected chi connectivity index (χ1v) is 18.2. The maximum Gasteiger partial charge on any atom is 0.0465 e. The molecule has 0 N–H and O–H groups in total. The Morgan fingerprint density at radius 1 is 0.327 bits per heavy atom. The van der Waals surface area contributed by atoms with Gasteiger partial charge in [0.1, 0.15) is 0 Å². The molecule has 0 saturated heterocycles. The van der Waals surface area contributed by atoms with Gasteiger partial charge in [0.05, 0.1) is 0 Å². The average Bonchev–Trinajstić information content (AvgIpc) is 3.44. The molecular weight excluding hydrogens is 627 g/mol. The molecule has 0 spiro atoms. The molecule has 0 atom stereocenters. The van der Waals surface area contributed by atoms with Crippen molar-refractivity contribution in [2.75, 3.05) is 4.90 Å². The van der Waals surface area contributed by atoms with E-state index in [1.807, 2.05) is 0 Å². The third kappa shape index (κ3) is 4.77. The predicted molar refractivity (Wildman–Crippen MR) is 222 cm³/mol. The summed E-state index contributed by atoms with van der Waals surface area (Å²) >= 11 is 0. The van der Waals surface area contributed by atoms with Crippen LogP contribution in [-0.2, 0) is 5.41 Å². The van der Waals surface area contributed by atoms with Crippen molar-refractivity contribution in [3.63, 3.8) is 0 Å². The van der Waals surface area contributed by atoms with E-state index in [9.17, 15) is 0 Å². The zero-order valence-electron chi connectivity index (χ0n) is 29.3. The largest absolute Gasteiger partial charge is 0.310 e. The Morgan fingerprint density at radius 2 is 0.885 bits per heavy atom. The fourth-order valence-electron chi connectivity index (χ4n) is 8.60. The minimum atomic E-state index is -0.0874. The highest BCUT2D eigenvalue weighted by molar-refractivity contribution is 6.21. The van der Waals surface area contributed by atoms with E-state index in [4.69, 9.17) is 0 Å².